The number of rotatable bonds is 4. The molecule has 2 amide bonds. The highest BCUT2D eigenvalue weighted by atomic mass is 19.3. The molecule has 0 aromatic carbocycles. The Balaban J connectivity index is 1.68. The van der Waals surface area contributed by atoms with Gasteiger partial charge in [-0.3, -0.25) is 9.59 Å². The second-order valence-corrected chi connectivity index (χ2v) is 5.52. The number of carbonyl (C=O) groups is 2. The maximum atomic E-state index is 13.7. The molecule has 8 heteroatoms. The molecule has 1 fully saturated rings. The molecule has 0 bridgehead atoms. The van der Waals surface area contributed by atoms with Gasteiger partial charge in [0.25, 0.3) is 17.7 Å². The number of H-pyrrole nitrogens is 2. The quantitative estimate of drug-likeness (QED) is 0.799. The van der Waals surface area contributed by atoms with Crippen LogP contribution in [-0.4, -0.2) is 51.7 Å². The first-order valence-electron chi connectivity index (χ1n) is 7.20. The van der Waals surface area contributed by atoms with Crippen LogP contribution >= 0.6 is 0 Å². The van der Waals surface area contributed by atoms with E-state index >= 15 is 0 Å². The number of carbonyl (C=O) groups excluding carboxylic acids is 2. The number of alkyl halides is 2. The third kappa shape index (κ3) is 3.25. The highest BCUT2D eigenvalue weighted by Crippen LogP contribution is 2.32. The van der Waals surface area contributed by atoms with Crippen LogP contribution in [0.25, 0.3) is 0 Å². The molecule has 122 valence electrons. The van der Waals surface area contributed by atoms with Gasteiger partial charge in [0.05, 0.1) is 12.6 Å². The van der Waals surface area contributed by atoms with E-state index in [2.05, 4.69) is 15.3 Å². The van der Waals surface area contributed by atoms with E-state index < -0.39 is 36.7 Å². The van der Waals surface area contributed by atoms with Gasteiger partial charge in [-0.15, -0.1) is 0 Å². The molecule has 3 N–H and O–H groups in total. The molecule has 0 radical (unpaired) electrons. The molecule has 6 nitrogen and oxygen atoms in total. The van der Waals surface area contributed by atoms with E-state index in [4.69, 9.17) is 0 Å². The van der Waals surface area contributed by atoms with E-state index in [1.54, 1.807) is 30.6 Å². The Bertz CT molecular complexity index is 682. The van der Waals surface area contributed by atoms with Crippen LogP contribution in [-0.2, 0) is 0 Å². The van der Waals surface area contributed by atoms with Crippen molar-refractivity contribution in [3.8, 4) is 0 Å². The Morgan fingerprint density at radius 2 is 1.87 bits per heavy atom. The van der Waals surface area contributed by atoms with Crippen LogP contribution in [0.5, 0.6) is 0 Å². The van der Waals surface area contributed by atoms with Crippen molar-refractivity contribution in [3.05, 3.63) is 48.0 Å². The number of aromatic nitrogens is 2. The van der Waals surface area contributed by atoms with E-state index in [-0.39, 0.29) is 12.2 Å². The third-order valence-electron chi connectivity index (χ3n) is 3.81. The van der Waals surface area contributed by atoms with Gasteiger partial charge in [-0.2, -0.15) is 0 Å². The van der Waals surface area contributed by atoms with Crippen LogP contribution in [0.1, 0.15) is 27.4 Å². The summed E-state index contributed by atoms with van der Waals surface area (Å²) in [7, 11) is 0. The first-order valence-corrected chi connectivity index (χ1v) is 7.20. The molecule has 2 aromatic heterocycles. The molecule has 0 spiro atoms. The van der Waals surface area contributed by atoms with Crippen LogP contribution in [0.2, 0.25) is 0 Å². The average molecular weight is 322 g/mol. The van der Waals surface area contributed by atoms with E-state index in [0.717, 1.165) is 4.90 Å². The summed E-state index contributed by atoms with van der Waals surface area (Å²) in [6.45, 7) is -0.673. The highest BCUT2D eigenvalue weighted by Gasteiger charge is 2.47. The topological polar surface area (TPSA) is 81.0 Å². The summed E-state index contributed by atoms with van der Waals surface area (Å²) < 4.78 is 27.4. The van der Waals surface area contributed by atoms with Gasteiger partial charge in [0.15, 0.2) is 0 Å². The summed E-state index contributed by atoms with van der Waals surface area (Å²) in [6, 6.07) is 5.66. The zero-order chi connectivity index (χ0) is 16.4. The van der Waals surface area contributed by atoms with E-state index in [1.165, 1.54) is 6.07 Å². The van der Waals surface area contributed by atoms with Crippen LogP contribution in [0, 0.1) is 0 Å². The molecule has 1 aliphatic heterocycles. The maximum absolute atomic E-state index is 13.7. The fourth-order valence-corrected chi connectivity index (χ4v) is 2.71. The van der Waals surface area contributed by atoms with Crippen molar-refractivity contribution in [3.63, 3.8) is 0 Å². The second-order valence-electron chi connectivity index (χ2n) is 5.52. The van der Waals surface area contributed by atoms with Crippen molar-refractivity contribution in [1.82, 2.24) is 20.2 Å². The first-order chi connectivity index (χ1) is 11.0. The monoisotopic (exact) mass is 322 g/mol. The van der Waals surface area contributed by atoms with Crippen LogP contribution < -0.4 is 5.32 Å². The minimum absolute atomic E-state index is 0.0279. The average Bonchev–Trinajstić information content (AvgIpc) is 3.24. The van der Waals surface area contributed by atoms with Gasteiger partial charge in [0.1, 0.15) is 11.4 Å². The SMILES string of the molecule is O=C(NC[C@@H]1CC(F)(F)CN1C(=O)c1ccc[nH]1)c1ccc[nH]1. The third-order valence-corrected chi connectivity index (χ3v) is 3.81. The highest BCUT2D eigenvalue weighted by molar-refractivity contribution is 5.93. The summed E-state index contributed by atoms with van der Waals surface area (Å²) in [4.78, 5) is 30.8. The molecular weight excluding hydrogens is 306 g/mol. The van der Waals surface area contributed by atoms with Crippen molar-refractivity contribution in [2.24, 2.45) is 0 Å². The van der Waals surface area contributed by atoms with Crippen molar-refractivity contribution in [1.29, 1.82) is 0 Å². The normalized spacial score (nSPS) is 19.7. The second kappa shape index (κ2) is 5.86. The molecule has 23 heavy (non-hydrogen) atoms. The minimum Gasteiger partial charge on any atom is -0.357 e. The van der Waals surface area contributed by atoms with Gasteiger partial charge in [-0.25, -0.2) is 8.78 Å². The van der Waals surface area contributed by atoms with Gasteiger partial charge in [-0.1, -0.05) is 0 Å². The number of nitrogens with one attached hydrogen (secondary N) is 3. The fraction of sp³-hybridized carbons (Fsp3) is 0.333. The van der Waals surface area contributed by atoms with Gasteiger partial charge in [0.2, 0.25) is 0 Å². The zero-order valence-corrected chi connectivity index (χ0v) is 12.2. The minimum atomic E-state index is -2.95. The fourth-order valence-electron chi connectivity index (χ4n) is 2.71. The molecule has 0 unspecified atom stereocenters. The van der Waals surface area contributed by atoms with Gasteiger partial charge in [-0.05, 0) is 24.3 Å². The lowest BCUT2D eigenvalue weighted by atomic mass is 10.2. The van der Waals surface area contributed by atoms with E-state index in [0.29, 0.717) is 5.69 Å². The lowest BCUT2D eigenvalue weighted by molar-refractivity contribution is 0.0117. The van der Waals surface area contributed by atoms with E-state index in [9.17, 15) is 18.4 Å². The number of likely N-dealkylation sites (tertiary alicyclic amines) is 1. The van der Waals surface area contributed by atoms with Crippen LogP contribution in [0.3, 0.4) is 0 Å². The number of halogens is 2. The largest absolute Gasteiger partial charge is 0.357 e. The van der Waals surface area contributed by atoms with Crippen LogP contribution in [0.15, 0.2) is 36.7 Å². The zero-order valence-electron chi connectivity index (χ0n) is 12.2. The number of amides is 2. The predicted octanol–water partition coefficient (Wildman–Crippen LogP) is 1.62. The molecule has 1 atom stereocenters. The molecule has 1 saturated heterocycles. The first kappa shape index (κ1) is 15.3. The summed E-state index contributed by atoms with van der Waals surface area (Å²) in [6.07, 6.45) is 2.69. The van der Waals surface area contributed by atoms with Crippen LogP contribution in [0.4, 0.5) is 8.78 Å². The van der Waals surface area contributed by atoms with Crippen molar-refractivity contribution < 1.29 is 18.4 Å². The summed E-state index contributed by atoms with van der Waals surface area (Å²) in [5, 5.41) is 2.59. The Morgan fingerprint density at radius 1 is 1.22 bits per heavy atom. The lowest BCUT2D eigenvalue weighted by Gasteiger charge is -2.23. The standard InChI is InChI=1S/C15H16F2N4O2/c16-15(17)7-10(8-20-13(22)11-3-1-5-18-11)21(9-15)14(23)12-4-2-6-19-12/h1-6,10,18-19H,7-9H2,(H,20,22)/t10-/m0/s1. The Labute approximate surface area is 130 Å². The van der Waals surface area contributed by atoms with Gasteiger partial charge in [0, 0.05) is 25.4 Å². The Hall–Kier alpha value is -2.64. The van der Waals surface area contributed by atoms with Crippen molar-refractivity contribution in [2.45, 2.75) is 18.4 Å². The summed E-state index contributed by atoms with van der Waals surface area (Å²) >= 11 is 0. The van der Waals surface area contributed by atoms with Crippen molar-refractivity contribution >= 4 is 11.8 Å². The molecule has 3 rings (SSSR count). The number of hydrogen-bond donors (Lipinski definition) is 3. The number of aromatic amines is 2. The molecule has 3 heterocycles. The molecule has 0 saturated carbocycles. The van der Waals surface area contributed by atoms with E-state index in [1.807, 2.05) is 0 Å². The smallest absolute Gasteiger partial charge is 0.270 e. The van der Waals surface area contributed by atoms with Crippen molar-refractivity contribution in [2.75, 3.05) is 13.1 Å². The molecular formula is C15H16F2N4O2. The summed E-state index contributed by atoms with van der Waals surface area (Å²) in [5.74, 6) is -3.84. The molecule has 2 aromatic rings. The Morgan fingerprint density at radius 3 is 2.48 bits per heavy atom. The predicted molar refractivity (Wildman–Crippen MR) is 78.3 cm³/mol. The number of nitrogens with zero attached hydrogens (tertiary/aromatic N) is 1. The Kier molecular flexibility index (Phi) is 3.89. The number of hydrogen-bond acceptors (Lipinski definition) is 2. The maximum Gasteiger partial charge on any atom is 0.270 e. The molecule has 0 aliphatic carbocycles. The summed E-state index contributed by atoms with van der Waals surface area (Å²) in [5.41, 5.74) is 0.598. The van der Waals surface area contributed by atoms with Gasteiger partial charge >= 0.3 is 0 Å². The van der Waals surface area contributed by atoms with Gasteiger partial charge < -0.3 is 20.2 Å². The lowest BCUT2D eigenvalue weighted by Crippen LogP contribution is -2.43. The molecule has 1 aliphatic rings.